The van der Waals surface area contributed by atoms with Gasteiger partial charge in [-0.25, -0.2) is 0 Å². The van der Waals surface area contributed by atoms with E-state index < -0.39 is 0 Å². The molecule has 1 aliphatic rings. The summed E-state index contributed by atoms with van der Waals surface area (Å²) < 4.78 is 10.7. The zero-order valence-electron chi connectivity index (χ0n) is 12.8. The van der Waals surface area contributed by atoms with Gasteiger partial charge in [0.2, 0.25) is 0 Å². The van der Waals surface area contributed by atoms with Crippen molar-refractivity contribution in [3.8, 4) is 11.5 Å². The topological polar surface area (TPSA) is 30.5 Å². The Hall–Kier alpha value is -1.22. The molecule has 0 atom stereocenters. The van der Waals surface area contributed by atoms with E-state index in [2.05, 4.69) is 11.4 Å². The first-order valence-corrected chi connectivity index (χ1v) is 7.78. The van der Waals surface area contributed by atoms with Crippen molar-refractivity contribution in [1.29, 1.82) is 0 Å². The van der Waals surface area contributed by atoms with Gasteiger partial charge in [0, 0.05) is 18.2 Å². The number of nitrogens with one attached hydrogen (secondary N) is 1. The molecule has 1 aliphatic carbocycles. The molecule has 3 heteroatoms. The summed E-state index contributed by atoms with van der Waals surface area (Å²) in [4.78, 5) is 0. The van der Waals surface area contributed by atoms with Crippen molar-refractivity contribution in [3.05, 3.63) is 23.8 Å². The van der Waals surface area contributed by atoms with Gasteiger partial charge in [-0.05, 0) is 31.0 Å². The number of rotatable bonds is 5. The Bertz CT molecular complexity index is 398. The molecular weight excluding hydrogens is 250 g/mol. The highest BCUT2D eigenvalue weighted by molar-refractivity contribution is 5.40. The fraction of sp³-hybridized carbons (Fsp3) is 0.647. The fourth-order valence-electron chi connectivity index (χ4n) is 2.93. The van der Waals surface area contributed by atoms with Gasteiger partial charge < -0.3 is 14.8 Å². The number of benzene rings is 1. The first-order chi connectivity index (χ1) is 9.83. The van der Waals surface area contributed by atoms with Gasteiger partial charge in [-0.2, -0.15) is 0 Å². The molecule has 0 spiro atoms. The van der Waals surface area contributed by atoms with Crippen LogP contribution in [0, 0.1) is 0 Å². The van der Waals surface area contributed by atoms with E-state index in [-0.39, 0.29) is 0 Å². The Kier molecular flexibility index (Phi) is 6.19. The highest BCUT2D eigenvalue weighted by atomic mass is 16.5. The molecule has 0 aromatic heterocycles. The van der Waals surface area contributed by atoms with Crippen LogP contribution in [0.4, 0.5) is 0 Å². The molecule has 0 heterocycles. The third-order valence-corrected chi connectivity index (χ3v) is 4.17. The minimum absolute atomic E-state index is 0.645. The molecule has 1 N–H and O–H groups in total. The van der Waals surface area contributed by atoms with Crippen LogP contribution < -0.4 is 14.8 Å². The van der Waals surface area contributed by atoms with E-state index in [1.165, 1.54) is 50.5 Å². The Balaban J connectivity index is 1.94. The van der Waals surface area contributed by atoms with Crippen molar-refractivity contribution >= 4 is 0 Å². The van der Waals surface area contributed by atoms with E-state index in [0.717, 1.165) is 18.0 Å². The van der Waals surface area contributed by atoms with Gasteiger partial charge in [0.05, 0.1) is 14.2 Å². The SMILES string of the molecule is COc1ccc(OC)c(CNC2CCCCCCC2)c1. The highest BCUT2D eigenvalue weighted by Gasteiger charge is 2.12. The van der Waals surface area contributed by atoms with E-state index >= 15 is 0 Å². The lowest BCUT2D eigenvalue weighted by Crippen LogP contribution is -2.29. The molecular formula is C17H27NO2. The monoisotopic (exact) mass is 277 g/mol. The molecule has 0 aliphatic heterocycles. The van der Waals surface area contributed by atoms with Gasteiger partial charge in [-0.15, -0.1) is 0 Å². The average Bonchev–Trinajstić information content (AvgIpc) is 2.45. The van der Waals surface area contributed by atoms with Gasteiger partial charge in [0.15, 0.2) is 0 Å². The Morgan fingerprint density at radius 1 is 1.00 bits per heavy atom. The van der Waals surface area contributed by atoms with Crippen LogP contribution in [0.15, 0.2) is 18.2 Å². The first kappa shape index (κ1) is 15.2. The third-order valence-electron chi connectivity index (χ3n) is 4.17. The smallest absolute Gasteiger partial charge is 0.123 e. The molecule has 0 saturated heterocycles. The van der Waals surface area contributed by atoms with Crippen LogP contribution in [-0.4, -0.2) is 20.3 Å². The lowest BCUT2D eigenvalue weighted by atomic mass is 9.96. The summed E-state index contributed by atoms with van der Waals surface area (Å²) in [6.45, 7) is 0.852. The van der Waals surface area contributed by atoms with Crippen LogP contribution in [0.3, 0.4) is 0 Å². The van der Waals surface area contributed by atoms with Gasteiger partial charge in [0.25, 0.3) is 0 Å². The van der Waals surface area contributed by atoms with E-state index in [0.29, 0.717) is 6.04 Å². The van der Waals surface area contributed by atoms with Crippen molar-refractivity contribution < 1.29 is 9.47 Å². The van der Waals surface area contributed by atoms with Crippen molar-refractivity contribution in [2.75, 3.05) is 14.2 Å². The Morgan fingerprint density at radius 2 is 1.70 bits per heavy atom. The Morgan fingerprint density at radius 3 is 2.35 bits per heavy atom. The van der Waals surface area contributed by atoms with Gasteiger partial charge in [0.1, 0.15) is 11.5 Å². The number of ether oxygens (including phenoxy) is 2. The average molecular weight is 277 g/mol. The molecule has 0 bridgehead atoms. The van der Waals surface area contributed by atoms with Crippen LogP contribution in [0.25, 0.3) is 0 Å². The summed E-state index contributed by atoms with van der Waals surface area (Å²) in [6.07, 6.45) is 9.50. The largest absolute Gasteiger partial charge is 0.497 e. The molecule has 1 aromatic carbocycles. The third kappa shape index (κ3) is 4.41. The van der Waals surface area contributed by atoms with Crippen molar-refractivity contribution in [2.24, 2.45) is 0 Å². The van der Waals surface area contributed by atoms with Crippen LogP contribution in [-0.2, 0) is 6.54 Å². The molecule has 2 rings (SSSR count). The maximum absolute atomic E-state index is 5.43. The number of hydrogen-bond acceptors (Lipinski definition) is 3. The van der Waals surface area contributed by atoms with Crippen LogP contribution in [0.5, 0.6) is 11.5 Å². The molecule has 0 radical (unpaired) electrons. The van der Waals surface area contributed by atoms with E-state index in [1.54, 1.807) is 14.2 Å². The normalized spacial score (nSPS) is 17.3. The second kappa shape index (κ2) is 8.15. The second-order valence-electron chi connectivity index (χ2n) is 5.60. The molecule has 1 aromatic rings. The predicted molar refractivity (Wildman–Crippen MR) is 82.5 cm³/mol. The highest BCUT2D eigenvalue weighted by Crippen LogP contribution is 2.24. The van der Waals surface area contributed by atoms with Gasteiger partial charge in [-0.3, -0.25) is 0 Å². The van der Waals surface area contributed by atoms with Gasteiger partial charge >= 0.3 is 0 Å². The minimum atomic E-state index is 0.645. The lowest BCUT2D eigenvalue weighted by Gasteiger charge is -2.21. The summed E-state index contributed by atoms with van der Waals surface area (Å²) in [6, 6.07) is 6.63. The summed E-state index contributed by atoms with van der Waals surface area (Å²) in [5.41, 5.74) is 1.17. The van der Waals surface area contributed by atoms with Crippen LogP contribution in [0.2, 0.25) is 0 Å². The molecule has 0 unspecified atom stereocenters. The van der Waals surface area contributed by atoms with Crippen molar-refractivity contribution in [3.63, 3.8) is 0 Å². The van der Waals surface area contributed by atoms with Crippen LogP contribution in [0.1, 0.15) is 50.5 Å². The molecule has 0 amide bonds. The summed E-state index contributed by atoms with van der Waals surface area (Å²) in [5, 5.41) is 3.70. The van der Waals surface area contributed by atoms with E-state index in [1.807, 2.05) is 12.1 Å². The molecule has 1 fully saturated rings. The summed E-state index contributed by atoms with van der Waals surface area (Å²) >= 11 is 0. The molecule has 112 valence electrons. The molecule has 1 saturated carbocycles. The maximum atomic E-state index is 5.43. The van der Waals surface area contributed by atoms with E-state index in [4.69, 9.17) is 9.47 Å². The summed E-state index contributed by atoms with van der Waals surface area (Å²) in [5.74, 6) is 1.82. The maximum Gasteiger partial charge on any atom is 0.123 e. The standard InChI is InChI=1S/C17H27NO2/c1-19-16-10-11-17(20-2)14(12-16)13-18-15-8-6-4-3-5-7-9-15/h10-12,15,18H,3-9,13H2,1-2H3. The Labute approximate surface area is 122 Å². The fourth-order valence-corrected chi connectivity index (χ4v) is 2.93. The predicted octanol–water partition coefficient (Wildman–Crippen LogP) is 3.91. The lowest BCUT2D eigenvalue weighted by molar-refractivity contribution is 0.375. The molecule has 3 nitrogen and oxygen atoms in total. The minimum Gasteiger partial charge on any atom is -0.497 e. The van der Waals surface area contributed by atoms with Crippen molar-refractivity contribution in [2.45, 2.75) is 57.5 Å². The van der Waals surface area contributed by atoms with Gasteiger partial charge in [-0.1, -0.05) is 32.1 Å². The van der Waals surface area contributed by atoms with Crippen molar-refractivity contribution in [1.82, 2.24) is 5.32 Å². The number of methoxy groups -OCH3 is 2. The second-order valence-corrected chi connectivity index (χ2v) is 5.60. The zero-order valence-corrected chi connectivity index (χ0v) is 12.8. The van der Waals surface area contributed by atoms with E-state index in [9.17, 15) is 0 Å². The first-order valence-electron chi connectivity index (χ1n) is 7.78. The number of hydrogen-bond donors (Lipinski definition) is 1. The van der Waals surface area contributed by atoms with Crippen LogP contribution >= 0.6 is 0 Å². The molecule has 20 heavy (non-hydrogen) atoms. The zero-order chi connectivity index (χ0) is 14.2. The summed E-state index contributed by atoms with van der Waals surface area (Å²) in [7, 11) is 3.43. The quantitative estimate of drug-likeness (QED) is 0.885.